The van der Waals surface area contributed by atoms with Gasteiger partial charge in [-0.05, 0) is 19.3 Å². The van der Waals surface area contributed by atoms with Gasteiger partial charge in [0.15, 0.2) is 5.82 Å². The van der Waals surface area contributed by atoms with Crippen molar-refractivity contribution in [3.8, 4) is 0 Å². The zero-order valence-electron chi connectivity index (χ0n) is 14.5. The van der Waals surface area contributed by atoms with E-state index in [-0.39, 0.29) is 5.56 Å². The molecule has 0 radical (unpaired) electrons. The predicted molar refractivity (Wildman–Crippen MR) is 96.2 cm³/mol. The molecule has 0 aromatic carbocycles. The van der Waals surface area contributed by atoms with Gasteiger partial charge in [0.1, 0.15) is 5.82 Å². The van der Waals surface area contributed by atoms with Crippen molar-refractivity contribution in [2.24, 2.45) is 0 Å². The first-order valence-electron chi connectivity index (χ1n) is 8.67. The van der Waals surface area contributed by atoms with E-state index in [9.17, 15) is 4.79 Å². The van der Waals surface area contributed by atoms with E-state index >= 15 is 0 Å². The molecule has 0 unspecified atom stereocenters. The van der Waals surface area contributed by atoms with Gasteiger partial charge < -0.3 is 9.47 Å². The second-order valence-electron chi connectivity index (χ2n) is 6.37. The number of rotatable bonds is 4. The summed E-state index contributed by atoms with van der Waals surface area (Å²) in [6.07, 6.45) is 5.32. The minimum absolute atomic E-state index is 0.130. The largest absolute Gasteiger partial charge is 0.342 e. The molecule has 0 spiro atoms. The normalized spacial score (nSPS) is 14.5. The monoisotopic (exact) mass is 359 g/mol. The summed E-state index contributed by atoms with van der Waals surface area (Å²) in [4.78, 5) is 19.3. The van der Waals surface area contributed by atoms with Gasteiger partial charge in [-0.25, -0.2) is 4.98 Å². The molecule has 0 N–H and O–H groups in total. The van der Waals surface area contributed by atoms with Crippen LogP contribution in [0.2, 0.25) is 0 Å². The van der Waals surface area contributed by atoms with E-state index in [1.807, 2.05) is 18.9 Å². The molecule has 3 aromatic rings. The Labute approximate surface area is 149 Å². The van der Waals surface area contributed by atoms with Crippen LogP contribution in [0.15, 0.2) is 10.9 Å². The van der Waals surface area contributed by atoms with Gasteiger partial charge in [-0.3, -0.25) is 4.79 Å². The summed E-state index contributed by atoms with van der Waals surface area (Å²) >= 11 is 1.42. The molecule has 1 aliphatic heterocycles. The average molecular weight is 359 g/mol. The van der Waals surface area contributed by atoms with E-state index in [1.54, 1.807) is 6.07 Å². The minimum atomic E-state index is -0.130. The highest BCUT2D eigenvalue weighted by Gasteiger charge is 2.18. The Balaban J connectivity index is 1.62. The van der Waals surface area contributed by atoms with Gasteiger partial charge in [-0.1, -0.05) is 24.7 Å². The smallest absolute Gasteiger partial charge is 0.275 e. The molecule has 0 fully saturated rings. The number of aryl methyl sites for hydroxylation is 2. The van der Waals surface area contributed by atoms with Crippen molar-refractivity contribution in [3.63, 3.8) is 0 Å². The number of hydrogen-bond acceptors (Lipinski definition) is 7. The number of anilines is 1. The Morgan fingerprint density at radius 3 is 3.00 bits per heavy atom. The number of aromatic nitrogens is 6. The van der Waals surface area contributed by atoms with Gasteiger partial charge in [0.2, 0.25) is 10.1 Å². The maximum Gasteiger partial charge on any atom is 0.275 e. The first kappa shape index (κ1) is 16.2. The van der Waals surface area contributed by atoms with Crippen LogP contribution in [0.4, 0.5) is 5.13 Å². The Bertz CT molecular complexity index is 957. The molecule has 0 bridgehead atoms. The van der Waals surface area contributed by atoms with Gasteiger partial charge in [0, 0.05) is 31.8 Å². The lowest BCUT2D eigenvalue weighted by Gasteiger charge is -2.15. The molecule has 0 saturated heterocycles. The van der Waals surface area contributed by atoms with Gasteiger partial charge in [0.05, 0.1) is 6.54 Å². The second-order valence-corrected chi connectivity index (χ2v) is 7.30. The standard InChI is InChI=1S/C16H21N7OS/c1-3-11-9-14(24)23-15(17-11)25-16(20-23)21(2)10-13-19-18-12-7-5-4-6-8-22(12)13/h9H,3-8,10H2,1-2H3. The van der Waals surface area contributed by atoms with Crippen LogP contribution in [-0.2, 0) is 25.9 Å². The third-order valence-electron chi connectivity index (χ3n) is 4.54. The van der Waals surface area contributed by atoms with E-state index < -0.39 is 0 Å². The molecule has 132 valence electrons. The highest BCUT2D eigenvalue weighted by Crippen LogP contribution is 2.22. The summed E-state index contributed by atoms with van der Waals surface area (Å²) in [6.45, 7) is 3.58. The molecule has 25 heavy (non-hydrogen) atoms. The fourth-order valence-electron chi connectivity index (χ4n) is 3.12. The Morgan fingerprint density at radius 2 is 2.16 bits per heavy atom. The second kappa shape index (κ2) is 6.55. The SMILES string of the molecule is CCc1cc(=O)n2nc(N(C)Cc3nnc4n3CCCCC4)sc2n1. The molecular formula is C16H21N7OS. The van der Waals surface area contributed by atoms with Gasteiger partial charge in [-0.2, -0.15) is 4.52 Å². The molecule has 0 atom stereocenters. The van der Waals surface area contributed by atoms with Crippen molar-refractivity contribution in [1.29, 1.82) is 0 Å². The molecule has 3 aromatic heterocycles. The van der Waals surface area contributed by atoms with Crippen LogP contribution in [0.1, 0.15) is 43.5 Å². The average Bonchev–Trinajstić information content (AvgIpc) is 3.12. The van der Waals surface area contributed by atoms with E-state index in [0.29, 0.717) is 11.5 Å². The van der Waals surface area contributed by atoms with Crippen molar-refractivity contribution in [2.45, 2.75) is 52.1 Å². The molecule has 0 amide bonds. The fraction of sp³-hybridized carbons (Fsp3) is 0.562. The summed E-state index contributed by atoms with van der Waals surface area (Å²) in [7, 11) is 1.96. The summed E-state index contributed by atoms with van der Waals surface area (Å²) in [6, 6.07) is 1.55. The molecule has 9 heteroatoms. The van der Waals surface area contributed by atoms with Crippen LogP contribution in [0, 0.1) is 0 Å². The van der Waals surface area contributed by atoms with E-state index in [2.05, 4.69) is 24.8 Å². The van der Waals surface area contributed by atoms with Crippen LogP contribution in [-0.4, -0.2) is 36.4 Å². The van der Waals surface area contributed by atoms with E-state index in [0.717, 1.165) is 41.9 Å². The van der Waals surface area contributed by atoms with Crippen LogP contribution >= 0.6 is 11.3 Å². The Kier molecular flexibility index (Phi) is 4.24. The first-order valence-corrected chi connectivity index (χ1v) is 9.49. The van der Waals surface area contributed by atoms with Crippen LogP contribution < -0.4 is 10.5 Å². The van der Waals surface area contributed by atoms with Crippen LogP contribution in [0.25, 0.3) is 4.96 Å². The maximum atomic E-state index is 12.2. The molecule has 0 aliphatic carbocycles. The fourth-order valence-corrected chi connectivity index (χ4v) is 4.01. The Morgan fingerprint density at radius 1 is 1.28 bits per heavy atom. The van der Waals surface area contributed by atoms with E-state index in [4.69, 9.17) is 0 Å². The number of nitrogens with zero attached hydrogens (tertiary/aromatic N) is 7. The molecule has 8 nitrogen and oxygen atoms in total. The van der Waals surface area contributed by atoms with E-state index in [1.165, 1.54) is 35.1 Å². The minimum Gasteiger partial charge on any atom is -0.342 e. The summed E-state index contributed by atoms with van der Waals surface area (Å²) < 4.78 is 3.61. The quantitative estimate of drug-likeness (QED) is 0.705. The first-order chi connectivity index (χ1) is 12.2. The van der Waals surface area contributed by atoms with Gasteiger partial charge in [-0.15, -0.1) is 15.3 Å². The maximum absolute atomic E-state index is 12.2. The summed E-state index contributed by atoms with van der Waals surface area (Å²) in [5, 5.41) is 13.9. The van der Waals surface area contributed by atoms with Crippen molar-refractivity contribution in [2.75, 3.05) is 11.9 Å². The molecule has 4 rings (SSSR count). The number of hydrogen-bond donors (Lipinski definition) is 0. The lowest BCUT2D eigenvalue weighted by molar-refractivity contribution is 0.601. The summed E-state index contributed by atoms with van der Waals surface area (Å²) in [5.41, 5.74) is 0.666. The molecule has 4 heterocycles. The highest BCUT2D eigenvalue weighted by atomic mass is 32.1. The van der Waals surface area contributed by atoms with Crippen molar-refractivity contribution in [1.82, 2.24) is 29.4 Å². The number of fused-ring (bicyclic) bond motifs is 2. The van der Waals surface area contributed by atoms with Crippen molar-refractivity contribution >= 4 is 21.4 Å². The van der Waals surface area contributed by atoms with Crippen LogP contribution in [0.5, 0.6) is 0 Å². The van der Waals surface area contributed by atoms with Crippen LogP contribution in [0.3, 0.4) is 0 Å². The topological polar surface area (TPSA) is 81.2 Å². The van der Waals surface area contributed by atoms with Crippen molar-refractivity contribution < 1.29 is 0 Å². The summed E-state index contributed by atoms with van der Waals surface area (Å²) in [5.74, 6) is 2.03. The van der Waals surface area contributed by atoms with Crippen molar-refractivity contribution in [3.05, 3.63) is 33.8 Å². The Hall–Kier alpha value is -2.29. The molecular weight excluding hydrogens is 338 g/mol. The predicted octanol–water partition coefficient (Wildman–Crippen LogP) is 1.67. The molecule has 0 saturated carbocycles. The zero-order valence-corrected chi connectivity index (χ0v) is 15.3. The van der Waals surface area contributed by atoms with Gasteiger partial charge in [0.25, 0.3) is 5.56 Å². The lowest BCUT2D eigenvalue weighted by Crippen LogP contribution is -2.21. The highest BCUT2D eigenvalue weighted by molar-refractivity contribution is 7.20. The molecule has 1 aliphatic rings. The van der Waals surface area contributed by atoms with Gasteiger partial charge >= 0.3 is 0 Å². The third-order valence-corrected chi connectivity index (χ3v) is 5.56. The zero-order chi connectivity index (χ0) is 17.4. The third kappa shape index (κ3) is 3.04. The lowest BCUT2D eigenvalue weighted by atomic mass is 10.2.